The van der Waals surface area contributed by atoms with Gasteiger partial charge in [-0.15, -0.1) is 0 Å². The molecule has 0 radical (unpaired) electrons. The number of rotatable bonds is 4. The van der Waals surface area contributed by atoms with Gasteiger partial charge in [0, 0.05) is 12.1 Å². The second kappa shape index (κ2) is 5.71. The van der Waals surface area contributed by atoms with Crippen molar-refractivity contribution < 1.29 is 0 Å². The highest BCUT2D eigenvalue weighted by atomic mass is 35.5. The Morgan fingerprint density at radius 1 is 1.33 bits per heavy atom. The summed E-state index contributed by atoms with van der Waals surface area (Å²) in [4.78, 5) is 8.38. The van der Waals surface area contributed by atoms with Gasteiger partial charge in [-0.05, 0) is 27.2 Å². The fourth-order valence-electron chi connectivity index (χ4n) is 1.21. The van der Waals surface area contributed by atoms with Gasteiger partial charge in [-0.25, -0.2) is 9.97 Å². The molecule has 0 aliphatic carbocycles. The Labute approximate surface area is 95.6 Å². The molecule has 0 aliphatic heterocycles. The van der Waals surface area contributed by atoms with E-state index < -0.39 is 0 Å². The monoisotopic (exact) mass is 225 g/mol. The summed E-state index contributed by atoms with van der Waals surface area (Å²) < 4.78 is 0. The summed E-state index contributed by atoms with van der Waals surface area (Å²) in [5.41, 5.74) is 0.905. The molecule has 0 aromatic carbocycles. The third-order valence-electron chi connectivity index (χ3n) is 2.04. The lowest BCUT2D eigenvalue weighted by Crippen LogP contribution is -2.06. The number of aromatic nitrogens is 2. The summed E-state index contributed by atoms with van der Waals surface area (Å²) in [7, 11) is 0. The molecule has 1 aromatic rings. The summed E-state index contributed by atoms with van der Waals surface area (Å²) in [5.74, 6) is 1.52. The minimum absolute atomic E-state index is 0.524. The fourth-order valence-corrected chi connectivity index (χ4v) is 1.42. The molecule has 1 rings (SSSR count). The number of anilines is 1. The minimum Gasteiger partial charge on any atom is -0.369 e. The summed E-state index contributed by atoms with van der Waals surface area (Å²) in [6, 6.07) is 0. The van der Waals surface area contributed by atoms with Crippen LogP contribution in [0.25, 0.3) is 0 Å². The topological polar surface area (TPSA) is 37.8 Å². The van der Waals surface area contributed by atoms with Crippen molar-refractivity contribution in [2.45, 2.75) is 27.2 Å². The molecular weight excluding hydrogens is 210 g/mol. The van der Waals surface area contributed by atoms with Crippen molar-refractivity contribution in [2.24, 2.45) is 0 Å². The average molecular weight is 226 g/mol. The second-order valence-corrected chi connectivity index (χ2v) is 3.68. The molecule has 0 aliphatic rings. The predicted octanol–water partition coefficient (Wildman–Crippen LogP) is 3.12. The van der Waals surface area contributed by atoms with Crippen LogP contribution in [0.15, 0.2) is 12.2 Å². The van der Waals surface area contributed by atoms with E-state index in [-0.39, 0.29) is 0 Å². The molecule has 82 valence electrons. The van der Waals surface area contributed by atoms with E-state index >= 15 is 0 Å². The van der Waals surface area contributed by atoms with Gasteiger partial charge in [0.2, 0.25) is 0 Å². The number of hydrogen-bond donors (Lipinski definition) is 1. The lowest BCUT2D eigenvalue weighted by Gasteiger charge is -2.08. The molecule has 0 atom stereocenters. The summed E-state index contributed by atoms with van der Waals surface area (Å²) in [6.07, 6.45) is 5.13. The molecule has 0 unspecified atom stereocenters. The maximum Gasteiger partial charge on any atom is 0.137 e. The summed E-state index contributed by atoms with van der Waals surface area (Å²) in [6.45, 7) is 6.62. The van der Waals surface area contributed by atoms with Crippen molar-refractivity contribution >= 4 is 17.4 Å². The Morgan fingerprint density at radius 3 is 2.73 bits per heavy atom. The van der Waals surface area contributed by atoms with Crippen LogP contribution < -0.4 is 5.32 Å². The van der Waals surface area contributed by atoms with Gasteiger partial charge in [-0.1, -0.05) is 23.8 Å². The van der Waals surface area contributed by atoms with Crippen molar-refractivity contribution in [3.05, 3.63) is 28.7 Å². The van der Waals surface area contributed by atoms with Gasteiger partial charge in [0.25, 0.3) is 0 Å². The standard InChI is InChI=1S/C11H16ClN3/c1-4-5-6-7-13-11-8(2)10(12)14-9(3)15-11/h4-5H,6-7H2,1-3H3,(H,13,14,15)/b5-4+. The molecule has 1 heterocycles. The molecule has 0 spiro atoms. The van der Waals surface area contributed by atoms with E-state index in [9.17, 15) is 0 Å². The lowest BCUT2D eigenvalue weighted by atomic mass is 10.3. The van der Waals surface area contributed by atoms with E-state index in [2.05, 4.69) is 21.4 Å². The summed E-state index contributed by atoms with van der Waals surface area (Å²) in [5, 5.41) is 3.77. The highest BCUT2D eigenvalue weighted by molar-refractivity contribution is 6.30. The van der Waals surface area contributed by atoms with Gasteiger partial charge in [-0.2, -0.15) is 0 Å². The molecule has 0 amide bonds. The Kier molecular flexibility index (Phi) is 4.56. The number of nitrogens with zero attached hydrogens (tertiary/aromatic N) is 2. The van der Waals surface area contributed by atoms with Crippen LogP contribution in [-0.4, -0.2) is 16.5 Å². The zero-order chi connectivity index (χ0) is 11.3. The summed E-state index contributed by atoms with van der Waals surface area (Å²) >= 11 is 5.95. The predicted molar refractivity (Wildman–Crippen MR) is 64.4 cm³/mol. The second-order valence-electron chi connectivity index (χ2n) is 3.32. The van der Waals surface area contributed by atoms with Gasteiger partial charge in [-0.3, -0.25) is 0 Å². The smallest absolute Gasteiger partial charge is 0.137 e. The third kappa shape index (κ3) is 3.51. The molecule has 1 aromatic heterocycles. The molecule has 3 nitrogen and oxygen atoms in total. The van der Waals surface area contributed by atoms with Crippen molar-refractivity contribution in [2.75, 3.05) is 11.9 Å². The van der Waals surface area contributed by atoms with Crippen molar-refractivity contribution in [3.63, 3.8) is 0 Å². The number of halogens is 1. The van der Waals surface area contributed by atoms with E-state index in [0.717, 1.165) is 24.3 Å². The molecule has 15 heavy (non-hydrogen) atoms. The third-order valence-corrected chi connectivity index (χ3v) is 2.41. The fraction of sp³-hybridized carbons (Fsp3) is 0.455. The highest BCUT2D eigenvalue weighted by Crippen LogP contribution is 2.19. The SMILES string of the molecule is C/C=C/CCNc1nc(C)nc(Cl)c1C. The van der Waals surface area contributed by atoms with Gasteiger partial charge < -0.3 is 5.32 Å². The van der Waals surface area contributed by atoms with Crippen LogP contribution in [0.4, 0.5) is 5.82 Å². The molecule has 4 heteroatoms. The Morgan fingerprint density at radius 2 is 2.07 bits per heavy atom. The van der Waals surface area contributed by atoms with Crippen LogP contribution in [0.3, 0.4) is 0 Å². The van der Waals surface area contributed by atoms with E-state index in [1.807, 2.05) is 26.8 Å². The molecular formula is C11H16ClN3. The zero-order valence-electron chi connectivity index (χ0n) is 9.34. The maximum absolute atomic E-state index is 5.95. The zero-order valence-corrected chi connectivity index (χ0v) is 10.1. The van der Waals surface area contributed by atoms with Crippen molar-refractivity contribution in [1.82, 2.24) is 9.97 Å². The molecule has 0 bridgehead atoms. The first-order chi connectivity index (χ1) is 7.15. The first kappa shape index (κ1) is 12.0. The van der Waals surface area contributed by atoms with Crippen LogP contribution in [0.1, 0.15) is 24.7 Å². The quantitative estimate of drug-likeness (QED) is 0.486. The minimum atomic E-state index is 0.524. The van der Waals surface area contributed by atoms with Crippen molar-refractivity contribution in [3.8, 4) is 0 Å². The normalized spacial score (nSPS) is 10.9. The highest BCUT2D eigenvalue weighted by Gasteiger charge is 2.05. The van der Waals surface area contributed by atoms with Crippen LogP contribution in [0, 0.1) is 13.8 Å². The molecule has 0 saturated heterocycles. The maximum atomic E-state index is 5.95. The van der Waals surface area contributed by atoms with Crippen LogP contribution >= 0.6 is 11.6 Å². The van der Waals surface area contributed by atoms with Crippen LogP contribution in [-0.2, 0) is 0 Å². The number of aryl methyl sites for hydroxylation is 1. The Balaban J connectivity index is 2.68. The Bertz CT molecular complexity index is 361. The van der Waals surface area contributed by atoms with E-state index in [4.69, 9.17) is 11.6 Å². The molecule has 1 N–H and O–H groups in total. The van der Waals surface area contributed by atoms with E-state index in [0.29, 0.717) is 11.0 Å². The van der Waals surface area contributed by atoms with Gasteiger partial charge in [0.15, 0.2) is 0 Å². The van der Waals surface area contributed by atoms with Gasteiger partial charge >= 0.3 is 0 Å². The number of allylic oxidation sites excluding steroid dienone is 1. The van der Waals surface area contributed by atoms with E-state index in [1.54, 1.807) is 0 Å². The first-order valence-corrected chi connectivity index (χ1v) is 5.38. The van der Waals surface area contributed by atoms with Gasteiger partial charge in [0.1, 0.15) is 16.8 Å². The Hall–Kier alpha value is -1.09. The van der Waals surface area contributed by atoms with Crippen LogP contribution in [0.2, 0.25) is 5.15 Å². The van der Waals surface area contributed by atoms with Gasteiger partial charge in [0.05, 0.1) is 0 Å². The van der Waals surface area contributed by atoms with Crippen molar-refractivity contribution in [1.29, 1.82) is 0 Å². The number of nitrogens with one attached hydrogen (secondary N) is 1. The van der Waals surface area contributed by atoms with E-state index in [1.165, 1.54) is 0 Å². The number of hydrogen-bond acceptors (Lipinski definition) is 3. The largest absolute Gasteiger partial charge is 0.369 e. The average Bonchev–Trinajstić information content (AvgIpc) is 2.19. The lowest BCUT2D eigenvalue weighted by molar-refractivity contribution is 0.987. The molecule has 0 saturated carbocycles. The van der Waals surface area contributed by atoms with Crippen LogP contribution in [0.5, 0.6) is 0 Å². The molecule has 0 fully saturated rings. The first-order valence-electron chi connectivity index (χ1n) is 5.01.